The van der Waals surface area contributed by atoms with Gasteiger partial charge in [-0.1, -0.05) is 18.2 Å². The molecule has 0 saturated carbocycles. The quantitative estimate of drug-likeness (QED) is 0.577. The van der Waals surface area contributed by atoms with Gasteiger partial charge in [-0.25, -0.2) is 9.78 Å². The molecule has 0 radical (unpaired) electrons. The zero-order valence-corrected chi connectivity index (χ0v) is 12.4. The fourth-order valence-electron chi connectivity index (χ4n) is 2.02. The summed E-state index contributed by atoms with van der Waals surface area (Å²) in [7, 11) is 0. The molecular weight excluding hydrogens is 296 g/mol. The van der Waals surface area contributed by atoms with E-state index in [1.165, 1.54) is 25.5 Å². The molecule has 116 valence electrons. The first-order valence-corrected chi connectivity index (χ1v) is 7.00. The standard InChI is InChI=1S/C17H14N2O4/c1-11(20)13-7-15(18-8-13)17(21)23-10-14-9-22-16(19-14)12-5-3-2-4-6-12/h2-9,18H,10H2,1H3. The normalized spacial score (nSPS) is 10.5. The molecule has 0 saturated heterocycles. The van der Waals surface area contributed by atoms with Crippen molar-refractivity contribution in [1.82, 2.24) is 9.97 Å². The molecule has 2 aromatic heterocycles. The topological polar surface area (TPSA) is 85.2 Å². The predicted molar refractivity (Wildman–Crippen MR) is 81.9 cm³/mol. The average molecular weight is 310 g/mol. The molecule has 0 bridgehead atoms. The van der Waals surface area contributed by atoms with Crippen LogP contribution in [0.1, 0.15) is 33.5 Å². The molecule has 0 amide bonds. The van der Waals surface area contributed by atoms with Crippen molar-refractivity contribution in [2.75, 3.05) is 0 Å². The smallest absolute Gasteiger partial charge is 0.355 e. The average Bonchev–Trinajstić information content (AvgIpc) is 3.23. The van der Waals surface area contributed by atoms with Gasteiger partial charge in [-0.05, 0) is 25.1 Å². The lowest BCUT2D eigenvalue weighted by molar-refractivity contribution is 0.0461. The summed E-state index contributed by atoms with van der Waals surface area (Å²) >= 11 is 0. The zero-order chi connectivity index (χ0) is 16.2. The second-order valence-electron chi connectivity index (χ2n) is 4.94. The van der Waals surface area contributed by atoms with Crippen molar-refractivity contribution in [3.05, 3.63) is 65.8 Å². The Morgan fingerprint density at radius 1 is 1.26 bits per heavy atom. The van der Waals surface area contributed by atoms with Gasteiger partial charge in [-0.15, -0.1) is 0 Å². The van der Waals surface area contributed by atoms with Crippen LogP contribution in [0, 0.1) is 0 Å². The SMILES string of the molecule is CC(=O)c1c[nH]c(C(=O)OCc2coc(-c3ccccc3)n2)c1. The molecule has 0 spiro atoms. The van der Waals surface area contributed by atoms with Crippen molar-refractivity contribution < 1.29 is 18.7 Å². The van der Waals surface area contributed by atoms with E-state index in [-0.39, 0.29) is 18.1 Å². The van der Waals surface area contributed by atoms with Crippen molar-refractivity contribution in [2.24, 2.45) is 0 Å². The van der Waals surface area contributed by atoms with Crippen molar-refractivity contribution in [3.8, 4) is 11.5 Å². The van der Waals surface area contributed by atoms with Crippen LogP contribution in [0.3, 0.4) is 0 Å². The lowest BCUT2D eigenvalue weighted by atomic mass is 10.2. The van der Waals surface area contributed by atoms with E-state index < -0.39 is 5.97 Å². The largest absolute Gasteiger partial charge is 0.454 e. The number of Topliss-reactive ketones (excluding diaryl/α,β-unsaturated/α-hetero) is 1. The number of rotatable bonds is 5. The van der Waals surface area contributed by atoms with Crippen LogP contribution in [0.25, 0.3) is 11.5 Å². The summed E-state index contributed by atoms with van der Waals surface area (Å²) < 4.78 is 10.5. The number of esters is 1. The summed E-state index contributed by atoms with van der Waals surface area (Å²) in [6.45, 7) is 1.42. The second kappa shape index (κ2) is 6.31. The van der Waals surface area contributed by atoms with Gasteiger partial charge in [0.25, 0.3) is 0 Å². The Morgan fingerprint density at radius 3 is 2.74 bits per heavy atom. The minimum Gasteiger partial charge on any atom is -0.454 e. The molecule has 1 N–H and O–H groups in total. The fraction of sp³-hybridized carbons (Fsp3) is 0.118. The second-order valence-corrected chi connectivity index (χ2v) is 4.94. The summed E-state index contributed by atoms with van der Waals surface area (Å²) in [4.78, 5) is 30.1. The molecule has 0 aliphatic carbocycles. The molecule has 0 fully saturated rings. The van der Waals surface area contributed by atoms with E-state index >= 15 is 0 Å². The summed E-state index contributed by atoms with van der Waals surface area (Å²) in [5.74, 6) is -0.207. The van der Waals surface area contributed by atoms with Gasteiger partial charge in [0.1, 0.15) is 24.3 Å². The summed E-state index contributed by atoms with van der Waals surface area (Å²) in [6.07, 6.45) is 2.92. The molecule has 1 aromatic carbocycles. The van der Waals surface area contributed by atoms with E-state index in [1.807, 2.05) is 30.3 Å². The first-order valence-electron chi connectivity index (χ1n) is 7.00. The summed E-state index contributed by atoms with van der Waals surface area (Å²) in [6, 6.07) is 10.9. The van der Waals surface area contributed by atoms with Crippen LogP contribution >= 0.6 is 0 Å². The lowest BCUT2D eigenvalue weighted by Crippen LogP contribution is -2.05. The Hall–Kier alpha value is -3.15. The maximum atomic E-state index is 11.9. The maximum absolute atomic E-state index is 11.9. The number of hydrogen-bond donors (Lipinski definition) is 1. The van der Waals surface area contributed by atoms with Crippen LogP contribution in [0.4, 0.5) is 0 Å². The first kappa shape index (κ1) is 14.8. The number of ketones is 1. The molecule has 6 heteroatoms. The van der Waals surface area contributed by atoms with Crippen LogP contribution in [-0.4, -0.2) is 21.7 Å². The zero-order valence-electron chi connectivity index (χ0n) is 12.4. The van der Waals surface area contributed by atoms with Crippen molar-refractivity contribution >= 4 is 11.8 Å². The number of benzene rings is 1. The van der Waals surface area contributed by atoms with Gasteiger partial charge in [0, 0.05) is 17.3 Å². The summed E-state index contributed by atoms with van der Waals surface area (Å²) in [5, 5.41) is 0. The van der Waals surface area contributed by atoms with E-state index in [0.717, 1.165) is 5.56 Å². The van der Waals surface area contributed by atoms with E-state index in [4.69, 9.17) is 9.15 Å². The maximum Gasteiger partial charge on any atom is 0.355 e. The molecule has 0 unspecified atom stereocenters. The van der Waals surface area contributed by atoms with E-state index in [0.29, 0.717) is 17.1 Å². The van der Waals surface area contributed by atoms with Crippen molar-refractivity contribution in [1.29, 1.82) is 0 Å². The van der Waals surface area contributed by atoms with Gasteiger partial charge < -0.3 is 14.1 Å². The van der Waals surface area contributed by atoms with Gasteiger partial charge in [0.15, 0.2) is 5.78 Å². The highest BCUT2D eigenvalue weighted by Crippen LogP contribution is 2.18. The van der Waals surface area contributed by atoms with Crippen LogP contribution < -0.4 is 0 Å². The number of aromatic nitrogens is 2. The third-order valence-electron chi connectivity index (χ3n) is 3.23. The molecular formula is C17H14N2O4. The number of ether oxygens (including phenoxy) is 1. The molecule has 2 heterocycles. The number of nitrogens with one attached hydrogen (secondary N) is 1. The van der Waals surface area contributed by atoms with Crippen LogP contribution in [0.5, 0.6) is 0 Å². The number of carbonyl (C=O) groups excluding carboxylic acids is 2. The van der Waals surface area contributed by atoms with E-state index in [9.17, 15) is 9.59 Å². The van der Waals surface area contributed by atoms with Gasteiger partial charge in [0.05, 0.1) is 0 Å². The van der Waals surface area contributed by atoms with Gasteiger partial charge in [0.2, 0.25) is 5.89 Å². The first-order chi connectivity index (χ1) is 11.1. The molecule has 6 nitrogen and oxygen atoms in total. The third kappa shape index (κ3) is 3.37. The highest BCUT2D eigenvalue weighted by molar-refractivity contribution is 5.97. The number of carbonyl (C=O) groups is 2. The summed E-state index contributed by atoms with van der Waals surface area (Å²) in [5.41, 5.74) is 2.02. The molecule has 0 aliphatic rings. The number of hydrogen-bond acceptors (Lipinski definition) is 5. The third-order valence-corrected chi connectivity index (χ3v) is 3.23. The van der Waals surface area contributed by atoms with Crippen molar-refractivity contribution in [3.63, 3.8) is 0 Å². The van der Waals surface area contributed by atoms with Crippen molar-refractivity contribution in [2.45, 2.75) is 13.5 Å². The van der Waals surface area contributed by atoms with Gasteiger partial charge in [-0.2, -0.15) is 0 Å². The minimum atomic E-state index is -0.554. The fourth-order valence-corrected chi connectivity index (χ4v) is 2.02. The van der Waals surface area contributed by atoms with Gasteiger partial charge >= 0.3 is 5.97 Å². The molecule has 0 aliphatic heterocycles. The Balaban J connectivity index is 1.63. The van der Waals surface area contributed by atoms with Crippen LogP contribution in [0.15, 0.2) is 53.3 Å². The number of nitrogens with zero attached hydrogens (tertiary/aromatic N) is 1. The Bertz CT molecular complexity index is 833. The lowest BCUT2D eigenvalue weighted by Gasteiger charge is -1.99. The van der Waals surface area contributed by atoms with E-state index in [2.05, 4.69) is 9.97 Å². The van der Waals surface area contributed by atoms with Crippen LogP contribution in [-0.2, 0) is 11.3 Å². The Kier molecular flexibility index (Phi) is 4.05. The number of H-pyrrole nitrogens is 1. The molecule has 3 aromatic rings. The molecule has 3 rings (SSSR count). The Labute approximate surface area is 132 Å². The van der Waals surface area contributed by atoms with E-state index in [1.54, 1.807) is 0 Å². The predicted octanol–water partition coefficient (Wildman–Crippen LogP) is 3.23. The molecule has 23 heavy (non-hydrogen) atoms. The molecule has 0 atom stereocenters. The van der Waals surface area contributed by atoms with Crippen LogP contribution in [0.2, 0.25) is 0 Å². The number of aromatic amines is 1. The monoisotopic (exact) mass is 310 g/mol. The highest BCUT2D eigenvalue weighted by atomic mass is 16.5. The highest BCUT2D eigenvalue weighted by Gasteiger charge is 2.13. The number of oxazole rings is 1. The Morgan fingerprint density at radius 2 is 2.04 bits per heavy atom. The minimum absolute atomic E-state index is 0.0103. The van der Waals surface area contributed by atoms with Gasteiger partial charge in [-0.3, -0.25) is 4.79 Å².